The molecular weight excluding hydrogens is 578 g/mol. The summed E-state index contributed by atoms with van der Waals surface area (Å²) in [5.41, 5.74) is 4.77. The number of rotatable bonds is 8. The van der Waals surface area contributed by atoms with E-state index in [1.165, 1.54) is 11.3 Å². The van der Waals surface area contributed by atoms with Crippen LogP contribution in [-0.2, 0) is 9.53 Å². The van der Waals surface area contributed by atoms with Crippen molar-refractivity contribution in [2.45, 2.75) is 19.9 Å². The molecule has 224 valence electrons. The van der Waals surface area contributed by atoms with Gasteiger partial charge in [0.05, 0.1) is 55.5 Å². The van der Waals surface area contributed by atoms with Crippen molar-refractivity contribution in [1.29, 1.82) is 0 Å². The summed E-state index contributed by atoms with van der Waals surface area (Å²) in [6.45, 7) is 3.69. The molecule has 0 radical (unpaired) electrons. The summed E-state index contributed by atoms with van der Waals surface area (Å²) in [6, 6.07) is 20.3. The molecule has 0 saturated carbocycles. The standard InChI is InChI=1S/C34H31N3O6S/c1-6-43-33(39)29-19(2)35-34-37(31(29)21-12-15-26(41-4)27(16-21)42-5)32(38)28(44-34)18-24-23-17-22(40-3)13-14-25(23)36-30(24)20-10-8-7-9-11-20/h7-18,31,36H,6H2,1-5H3. The number of H-pyrrole nitrogens is 1. The van der Waals surface area contributed by atoms with E-state index in [2.05, 4.69) is 4.98 Å². The summed E-state index contributed by atoms with van der Waals surface area (Å²) in [6.07, 6.45) is 1.89. The minimum absolute atomic E-state index is 0.185. The van der Waals surface area contributed by atoms with Gasteiger partial charge in [0.15, 0.2) is 16.3 Å². The van der Waals surface area contributed by atoms with Crippen molar-refractivity contribution in [3.63, 3.8) is 0 Å². The van der Waals surface area contributed by atoms with Crippen LogP contribution in [0.25, 0.3) is 28.2 Å². The number of carbonyl (C=O) groups is 1. The maximum absolute atomic E-state index is 14.4. The Morgan fingerprint density at radius 1 is 1.00 bits per heavy atom. The molecule has 3 heterocycles. The third-order valence-corrected chi connectivity index (χ3v) is 8.61. The number of hydrogen-bond donors (Lipinski definition) is 1. The largest absolute Gasteiger partial charge is 0.497 e. The predicted octanol–water partition coefficient (Wildman–Crippen LogP) is 4.97. The van der Waals surface area contributed by atoms with E-state index in [4.69, 9.17) is 23.9 Å². The zero-order valence-corrected chi connectivity index (χ0v) is 25.8. The van der Waals surface area contributed by atoms with Crippen LogP contribution >= 0.6 is 11.3 Å². The number of nitrogens with zero attached hydrogens (tertiary/aromatic N) is 2. The molecule has 1 aliphatic rings. The average molecular weight is 610 g/mol. The molecule has 1 atom stereocenters. The van der Waals surface area contributed by atoms with Crippen molar-refractivity contribution < 1.29 is 23.7 Å². The van der Waals surface area contributed by atoms with Crippen LogP contribution in [0.4, 0.5) is 0 Å². The molecule has 0 fully saturated rings. The normalized spacial score (nSPS) is 14.8. The molecular formula is C34H31N3O6S. The van der Waals surface area contributed by atoms with Gasteiger partial charge in [-0.2, -0.15) is 0 Å². The van der Waals surface area contributed by atoms with Crippen molar-refractivity contribution in [2.24, 2.45) is 4.99 Å². The van der Waals surface area contributed by atoms with E-state index in [0.29, 0.717) is 43.4 Å². The highest BCUT2D eigenvalue weighted by atomic mass is 32.1. The maximum atomic E-state index is 14.4. The summed E-state index contributed by atoms with van der Waals surface area (Å²) < 4.78 is 24.0. The van der Waals surface area contributed by atoms with Crippen LogP contribution in [0, 0.1) is 0 Å². The number of hydrogen-bond acceptors (Lipinski definition) is 8. The molecule has 5 aromatic rings. The second kappa shape index (κ2) is 11.9. The predicted molar refractivity (Wildman–Crippen MR) is 170 cm³/mol. The third kappa shape index (κ3) is 4.97. The first-order valence-corrected chi connectivity index (χ1v) is 14.9. The highest BCUT2D eigenvalue weighted by Crippen LogP contribution is 2.37. The van der Waals surface area contributed by atoms with Gasteiger partial charge in [-0.05, 0) is 61.4 Å². The molecule has 1 N–H and O–H groups in total. The van der Waals surface area contributed by atoms with Gasteiger partial charge in [-0.15, -0.1) is 0 Å². The Kier molecular flexibility index (Phi) is 7.84. The van der Waals surface area contributed by atoms with Gasteiger partial charge in [0.2, 0.25) is 0 Å². The van der Waals surface area contributed by atoms with Crippen LogP contribution in [0.5, 0.6) is 17.2 Å². The molecule has 6 rings (SSSR count). The highest BCUT2D eigenvalue weighted by Gasteiger charge is 2.34. The Balaban J connectivity index is 1.62. The lowest BCUT2D eigenvalue weighted by Crippen LogP contribution is -2.40. The van der Waals surface area contributed by atoms with Crippen LogP contribution in [0.3, 0.4) is 0 Å². The molecule has 1 aliphatic heterocycles. The molecule has 3 aromatic carbocycles. The molecule has 44 heavy (non-hydrogen) atoms. The van der Waals surface area contributed by atoms with Crippen LogP contribution in [-0.4, -0.2) is 43.5 Å². The van der Waals surface area contributed by atoms with Gasteiger partial charge in [-0.25, -0.2) is 9.79 Å². The molecule has 1 unspecified atom stereocenters. The number of ether oxygens (including phenoxy) is 4. The number of esters is 1. The Labute approximate surface area is 257 Å². The van der Waals surface area contributed by atoms with Crippen molar-refractivity contribution in [3.05, 3.63) is 109 Å². The van der Waals surface area contributed by atoms with E-state index in [0.717, 1.165) is 27.7 Å². The van der Waals surface area contributed by atoms with E-state index in [1.54, 1.807) is 51.9 Å². The summed E-state index contributed by atoms with van der Waals surface area (Å²) in [5.74, 6) is 1.18. The fourth-order valence-electron chi connectivity index (χ4n) is 5.56. The SMILES string of the molecule is CCOC(=O)C1=C(C)N=c2sc(=Cc3c(-c4ccccc4)[nH]c4ccc(OC)cc34)c(=O)n2C1c1ccc(OC)c(OC)c1. The Bertz CT molecular complexity index is 2110. The molecule has 0 saturated heterocycles. The summed E-state index contributed by atoms with van der Waals surface area (Å²) >= 11 is 1.27. The van der Waals surface area contributed by atoms with Gasteiger partial charge in [-0.1, -0.05) is 47.7 Å². The lowest BCUT2D eigenvalue weighted by molar-refractivity contribution is -0.139. The fraction of sp³-hybridized carbons (Fsp3) is 0.206. The fourth-order valence-corrected chi connectivity index (χ4v) is 6.59. The Hall–Kier alpha value is -5.09. The lowest BCUT2D eigenvalue weighted by atomic mass is 9.95. The Morgan fingerprint density at radius 2 is 1.77 bits per heavy atom. The van der Waals surface area contributed by atoms with Gasteiger partial charge < -0.3 is 23.9 Å². The van der Waals surface area contributed by atoms with E-state index in [-0.39, 0.29) is 12.2 Å². The van der Waals surface area contributed by atoms with E-state index >= 15 is 0 Å². The average Bonchev–Trinajstić information content (AvgIpc) is 3.56. The topological polar surface area (TPSA) is 104 Å². The summed E-state index contributed by atoms with van der Waals surface area (Å²) in [7, 11) is 4.72. The molecule has 0 bridgehead atoms. The van der Waals surface area contributed by atoms with Crippen molar-refractivity contribution in [3.8, 4) is 28.5 Å². The quantitative estimate of drug-likeness (QED) is 0.249. The summed E-state index contributed by atoms with van der Waals surface area (Å²) in [5, 5.41) is 0.911. The number of fused-ring (bicyclic) bond motifs is 2. The smallest absolute Gasteiger partial charge is 0.338 e. The van der Waals surface area contributed by atoms with Crippen LogP contribution in [0.1, 0.15) is 31.0 Å². The van der Waals surface area contributed by atoms with Crippen molar-refractivity contribution in [1.82, 2.24) is 9.55 Å². The monoisotopic (exact) mass is 609 g/mol. The van der Waals surface area contributed by atoms with Gasteiger partial charge in [0, 0.05) is 16.5 Å². The summed E-state index contributed by atoms with van der Waals surface area (Å²) in [4.78, 5) is 36.4. The minimum atomic E-state index is -0.788. The number of aromatic nitrogens is 2. The Morgan fingerprint density at radius 3 is 2.48 bits per heavy atom. The van der Waals surface area contributed by atoms with Crippen LogP contribution in [0.2, 0.25) is 0 Å². The third-order valence-electron chi connectivity index (χ3n) is 7.62. The zero-order chi connectivity index (χ0) is 31.0. The number of aromatic amines is 1. The van der Waals surface area contributed by atoms with Crippen LogP contribution < -0.4 is 29.1 Å². The van der Waals surface area contributed by atoms with Crippen molar-refractivity contribution in [2.75, 3.05) is 27.9 Å². The number of allylic oxidation sites excluding steroid dienone is 1. The first-order chi connectivity index (χ1) is 21.4. The minimum Gasteiger partial charge on any atom is -0.497 e. The van der Waals surface area contributed by atoms with Crippen molar-refractivity contribution >= 4 is 34.3 Å². The van der Waals surface area contributed by atoms with Gasteiger partial charge in [-0.3, -0.25) is 9.36 Å². The van der Waals surface area contributed by atoms with Gasteiger partial charge in [0.25, 0.3) is 5.56 Å². The molecule has 2 aromatic heterocycles. The zero-order valence-electron chi connectivity index (χ0n) is 25.0. The lowest BCUT2D eigenvalue weighted by Gasteiger charge is -2.25. The van der Waals surface area contributed by atoms with Gasteiger partial charge in [0.1, 0.15) is 5.75 Å². The van der Waals surface area contributed by atoms with Gasteiger partial charge >= 0.3 is 5.97 Å². The molecule has 9 nitrogen and oxygen atoms in total. The molecule has 0 aliphatic carbocycles. The van der Waals surface area contributed by atoms with E-state index in [1.807, 2.05) is 60.7 Å². The number of nitrogens with one attached hydrogen (secondary N) is 1. The molecule has 10 heteroatoms. The van der Waals surface area contributed by atoms with E-state index < -0.39 is 12.0 Å². The number of carbonyl (C=O) groups excluding carboxylic acids is 1. The highest BCUT2D eigenvalue weighted by molar-refractivity contribution is 7.07. The first-order valence-electron chi connectivity index (χ1n) is 14.0. The number of methoxy groups -OCH3 is 3. The number of thiazole rings is 1. The van der Waals surface area contributed by atoms with Crippen LogP contribution in [0.15, 0.2) is 87.8 Å². The second-order valence-electron chi connectivity index (χ2n) is 10.1. The van der Waals surface area contributed by atoms with E-state index in [9.17, 15) is 9.59 Å². The molecule has 0 spiro atoms. The maximum Gasteiger partial charge on any atom is 0.338 e. The molecule has 0 amide bonds. The second-order valence-corrected chi connectivity index (χ2v) is 11.1. The first kappa shape index (κ1) is 29.0. The number of benzene rings is 3.